The van der Waals surface area contributed by atoms with Crippen molar-refractivity contribution in [2.45, 2.75) is 38.9 Å². The molecule has 0 radical (unpaired) electrons. The standard InChI is InChI=1S/C15H19BClNO4S/c1-14(2)15(3,4)22-16(21-14)10(8-23)5-9-6-11(17)12(13(19)20)18-7-9/h5-7,23H,8H2,1-4H3,(H,19,20). The third-order valence-corrected chi connectivity index (χ3v) is 4.81. The Bertz CT molecular complexity index is 647. The van der Waals surface area contributed by atoms with Crippen molar-refractivity contribution in [2.24, 2.45) is 0 Å². The maximum absolute atomic E-state index is 10.9. The molecule has 1 saturated heterocycles. The molecule has 0 atom stereocenters. The Labute approximate surface area is 146 Å². The van der Waals surface area contributed by atoms with E-state index in [1.807, 2.05) is 27.7 Å². The number of carboxylic acids is 1. The molecular formula is C15H19BClNO4S. The Morgan fingerprint density at radius 3 is 2.39 bits per heavy atom. The average Bonchev–Trinajstić information content (AvgIpc) is 2.64. The van der Waals surface area contributed by atoms with Gasteiger partial charge in [0, 0.05) is 11.9 Å². The number of halogens is 1. The fraction of sp³-hybridized carbons (Fsp3) is 0.467. The molecule has 8 heteroatoms. The molecule has 124 valence electrons. The number of hydrogen-bond acceptors (Lipinski definition) is 5. The molecule has 0 saturated carbocycles. The van der Waals surface area contributed by atoms with Crippen molar-refractivity contribution >= 4 is 43.4 Å². The Hall–Kier alpha value is -1.02. The van der Waals surface area contributed by atoms with Gasteiger partial charge in [-0.05, 0) is 44.8 Å². The number of thiol groups is 1. The van der Waals surface area contributed by atoms with E-state index in [4.69, 9.17) is 26.0 Å². The number of carbonyl (C=O) groups is 1. The summed E-state index contributed by atoms with van der Waals surface area (Å²) in [5, 5.41) is 9.04. The summed E-state index contributed by atoms with van der Waals surface area (Å²) in [4.78, 5) is 14.8. The van der Waals surface area contributed by atoms with Crippen LogP contribution in [0.25, 0.3) is 6.08 Å². The molecule has 1 N–H and O–H groups in total. The minimum absolute atomic E-state index is 0.0821. The molecule has 0 unspecified atom stereocenters. The summed E-state index contributed by atoms with van der Waals surface area (Å²) in [6, 6.07) is 1.55. The Morgan fingerprint density at radius 1 is 1.39 bits per heavy atom. The van der Waals surface area contributed by atoms with Crippen molar-refractivity contribution in [2.75, 3.05) is 5.75 Å². The van der Waals surface area contributed by atoms with Crippen LogP contribution in [0.4, 0.5) is 0 Å². The lowest BCUT2D eigenvalue weighted by Gasteiger charge is -2.32. The quantitative estimate of drug-likeness (QED) is 0.640. The van der Waals surface area contributed by atoms with Gasteiger partial charge < -0.3 is 14.4 Å². The summed E-state index contributed by atoms with van der Waals surface area (Å²) in [5.41, 5.74) is 0.421. The van der Waals surface area contributed by atoms with E-state index < -0.39 is 24.3 Å². The van der Waals surface area contributed by atoms with Gasteiger partial charge in [-0.3, -0.25) is 0 Å². The van der Waals surface area contributed by atoms with Crippen LogP contribution in [0.5, 0.6) is 0 Å². The van der Waals surface area contributed by atoms with Crippen LogP contribution >= 0.6 is 24.2 Å². The number of rotatable bonds is 4. The van der Waals surface area contributed by atoms with Crippen molar-refractivity contribution in [1.29, 1.82) is 0 Å². The predicted molar refractivity (Wildman–Crippen MR) is 94.1 cm³/mol. The second-order valence-electron chi connectivity index (χ2n) is 6.37. The highest BCUT2D eigenvalue weighted by Gasteiger charge is 2.52. The molecule has 5 nitrogen and oxygen atoms in total. The van der Waals surface area contributed by atoms with E-state index in [0.717, 1.165) is 5.47 Å². The topological polar surface area (TPSA) is 68.7 Å². The van der Waals surface area contributed by atoms with Crippen LogP contribution in [0, 0.1) is 0 Å². The number of pyridine rings is 1. The van der Waals surface area contributed by atoms with Crippen LogP contribution in [0.1, 0.15) is 43.7 Å². The molecule has 1 aromatic heterocycles. The molecule has 1 fully saturated rings. The molecule has 1 aromatic rings. The van der Waals surface area contributed by atoms with E-state index in [-0.39, 0.29) is 10.7 Å². The van der Waals surface area contributed by atoms with Crippen molar-refractivity contribution in [3.05, 3.63) is 34.0 Å². The molecule has 1 aliphatic rings. The molecule has 2 rings (SSSR count). The molecule has 0 spiro atoms. The fourth-order valence-electron chi connectivity index (χ4n) is 2.09. The van der Waals surface area contributed by atoms with Crippen molar-refractivity contribution in [3.63, 3.8) is 0 Å². The first-order chi connectivity index (χ1) is 10.6. The lowest BCUT2D eigenvalue weighted by Crippen LogP contribution is -2.41. The highest BCUT2D eigenvalue weighted by molar-refractivity contribution is 7.80. The second-order valence-corrected chi connectivity index (χ2v) is 7.09. The van der Waals surface area contributed by atoms with Gasteiger partial charge in [-0.15, -0.1) is 0 Å². The molecule has 0 aliphatic carbocycles. The Kier molecular flexibility index (Phi) is 5.16. The second kappa shape index (κ2) is 6.47. The molecular weight excluding hydrogens is 337 g/mol. The minimum Gasteiger partial charge on any atom is -0.476 e. The van der Waals surface area contributed by atoms with Gasteiger partial charge in [0.25, 0.3) is 0 Å². The predicted octanol–water partition coefficient (Wildman–Crippen LogP) is 3.38. The number of hydrogen-bond donors (Lipinski definition) is 2. The first-order valence-corrected chi connectivity index (χ1v) is 8.14. The third kappa shape index (κ3) is 3.74. The van der Waals surface area contributed by atoms with Crippen molar-refractivity contribution in [3.8, 4) is 0 Å². The largest absolute Gasteiger partial charge is 0.491 e. The van der Waals surface area contributed by atoms with Crippen molar-refractivity contribution < 1.29 is 19.2 Å². The lowest BCUT2D eigenvalue weighted by molar-refractivity contribution is 0.00578. The highest BCUT2D eigenvalue weighted by atomic mass is 35.5. The number of aromatic carboxylic acids is 1. The molecule has 1 aliphatic heterocycles. The van der Waals surface area contributed by atoms with Gasteiger partial charge in [0.2, 0.25) is 0 Å². The highest BCUT2D eigenvalue weighted by Crippen LogP contribution is 2.39. The fourth-order valence-corrected chi connectivity index (χ4v) is 2.58. The maximum Gasteiger partial charge on any atom is 0.491 e. The zero-order valence-corrected chi connectivity index (χ0v) is 15.1. The van der Waals surface area contributed by atoms with Crippen LogP contribution < -0.4 is 0 Å². The van der Waals surface area contributed by atoms with Gasteiger partial charge in [-0.25, -0.2) is 9.78 Å². The van der Waals surface area contributed by atoms with Crippen LogP contribution in [-0.2, 0) is 9.31 Å². The average molecular weight is 356 g/mol. The zero-order valence-electron chi connectivity index (χ0n) is 13.5. The van der Waals surface area contributed by atoms with E-state index >= 15 is 0 Å². The summed E-state index contributed by atoms with van der Waals surface area (Å²) in [7, 11) is -0.518. The molecule has 23 heavy (non-hydrogen) atoms. The van der Waals surface area contributed by atoms with Crippen LogP contribution in [0.2, 0.25) is 5.02 Å². The Morgan fingerprint density at radius 2 is 1.96 bits per heavy atom. The van der Waals surface area contributed by atoms with E-state index in [2.05, 4.69) is 17.6 Å². The van der Waals surface area contributed by atoms with Gasteiger partial charge in [0.1, 0.15) is 0 Å². The number of nitrogens with zero attached hydrogens (tertiary/aromatic N) is 1. The number of carboxylic acid groups (broad SMARTS) is 1. The molecule has 0 bridgehead atoms. The van der Waals surface area contributed by atoms with E-state index in [9.17, 15) is 4.79 Å². The van der Waals surface area contributed by atoms with E-state index in [1.165, 1.54) is 6.20 Å². The first kappa shape index (κ1) is 18.3. The minimum atomic E-state index is -1.16. The smallest absolute Gasteiger partial charge is 0.476 e. The lowest BCUT2D eigenvalue weighted by atomic mass is 9.78. The van der Waals surface area contributed by atoms with E-state index in [0.29, 0.717) is 11.3 Å². The van der Waals surface area contributed by atoms with Gasteiger partial charge in [-0.2, -0.15) is 12.6 Å². The summed E-state index contributed by atoms with van der Waals surface area (Å²) in [6.07, 6.45) is 3.25. The molecule has 0 amide bonds. The molecule has 0 aromatic carbocycles. The van der Waals surface area contributed by atoms with Crippen molar-refractivity contribution in [1.82, 2.24) is 4.98 Å². The SMILES string of the molecule is CC1(C)OB(C(=Cc2cnc(C(=O)O)c(Cl)c2)CS)OC1(C)C. The maximum atomic E-state index is 10.9. The summed E-state index contributed by atoms with van der Waals surface area (Å²) < 4.78 is 12.0. The van der Waals surface area contributed by atoms with Crippen LogP contribution in [0.3, 0.4) is 0 Å². The monoisotopic (exact) mass is 355 g/mol. The summed E-state index contributed by atoms with van der Waals surface area (Å²) >= 11 is 10.3. The zero-order chi connectivity index (χ0) is 17.4. The summed E-state index contributed by atoms with van der Waals surface area (Å²) in [6.45, 7) is 7.90. The Balaban J connectivity index is 2.30. The first-order valence-electron chi connectivity index (χ1n) is 7.13. The molecule has 2 heterocycles. The van der Waals surface area contributed by atoms with Gasteiger partial charge in [0.15, 0.2) is 5.69 Å². The normalized spacial score (nSPS) is 19.9. The van der Waals surface area contributed by atoms with Crippen LogP contribution in [-0.4, -0.2) is 40.1 Å². The van der Waals surface area contributed by atoms with Gasteiger partial charge >= 0.3 is 13.1 Å². The summed E-state index contributed by atoms with van der Waals surface area (Å²) in [5.74, 6) is -0.735. The number of aromatic nitrogens is 1. The van der Waals surface area contributed by atoms with Gasteiger partial charge in [0.05, 0.1) is 16.2 Å². The van der Waals surface area contributed by atoms with Crippen LogP contribution in [0.15, 0.2) is 17.7 Å². The van der Waals surface area contributed by atoms with Gasteiger partial charge in [-0.1, -0.05) is 17.7 Å². The third-order valence-electron chi connectivity index (χ3n) is 4.16. The van der Waals surface area contributed by atoms with E-state index in [1.54, 1.807) is 12.1 Å².